The molecule has 1 amide bonds. The summed E-state index contributed by atoms with van der Waals surface area (Å²) in [6.45, 7) is 4.30. The third kappa shape index (κ3) is 4.07. The lowest BCUT2D eigenvalue weighted by atomic mass is 10.0. The molecular formula is C19H21N3O4. The van der Waals surface area contributed by atoms with Crippen molar-refractivity contribution in [3.63, 3.8) is 0 Å². The summed E-state index contributed by atoms with van der Waals surface area (Å²) in [6, 6.07) is 13.2. The van der Waals surface area contributed by atoms with Crippen molar-refractivity contribution in [2.24, 2.45) is 0 Å². The summed E-state index contributed by atoms with van der Waals surface area (Å²) in [7, 11) is 0. The fourth-order valence-electron chi connectivity index (χ4n) is 3.06. The normalized spacial score (nSPS) is 16.0. The highest BCUT2D eigenvalue weighted by Gasteiger charge is 2.29. The van der Waals surface area contributed by atoms with Gasteiger partial charge in [0.25, 0.3) is 5.69 Å². The lowest BCUT2D eigenvalue weighted by Crippen LogP contribution is -2.44. The molecule has 1 heterocycles. The van der Waals surface area contributed by atoms with Gasteiger partial charge in [-0.1, -0.05) is 30.3 Å². The maximum absolute atomic E-state index is 13.1. The molecule has 1 fully saturated rings. The molecule has 0 bridgehead atoms. The number of ether oxygens (including phenoxy) is 1. The Morgan fingerprint density at radius 2 is 1.81 bits per heavy atom. The number of hydrogen-bond donors (Lipinski definition) is 1. The van der Waals surface area contributed by atoms with Crippen molar-refractivity contribution >= 4 is 17.3 Å². The third-order valence-corrected chi connectivity index (χ3v) is 4.48. The van der Waals surface area contributed by atoms with Crippen molar-refractivity contribution in [2.45, 2.75) is 13.0 Å². The number of carbonyl (C=O) groups excluding carboxylic acids is 1. The van der Waals surface area contributed by atoms with Crippen LogP contribution in [0.25, 0.3) is 0 Å². The van der Waals surface area contributed by atoms with E-state index in [-0.39, 0.29) is 11.6 Å². The van der Waals surface area contributed by atoms with Gasteiger partial charge in [-0.05, 0) is 24.1 Å². The molecule has 1 N–H and O–H groups in total. The number of anilines is 1. The summed E-state index contributed by atoms with van der Waals surface area (Å²) >= 11 is 0. The van der Waals surface area contributed by atoms with E-state index in [1.54, 1.807) is 12.1 Å². The molecule has 3 rings (SSSR count). The number of benzene rings is 2. The van der Waals surface area contributed by atoms with Crippen molar-refractivity contribution in [1.29, 1.82) is 0 Å². The molecule has 1 aliphatic rings. The van der Waals surface area contributed by atoms with Crippen molar-refractivity contribution in [1.82, 2.24) is 4.90 Å². The molecule has 26 heavy (non-hydrogen) atoms. The second kappa shape index (κ2) is 8.07. The van der Waals surface area contributed by atoms with E-state index >= 15 is 0 Å². The van der Waals surface area contributed by atoms with Gasteiger partial charge in [0.15, 0.2) is 0 Å². The zero-order valence-corrected chi connectivity index (χ0v) is 14.6. The van der Waals surface area contributed by atoms with Gasteiger partial charge in [-0.15, -0.1) is 0 Å². The fraction of sp³-hybridized carbons (Fsp3) is 0.316. The first kappa shape index (κ1) is 18.0. The van der Waals surface area contributed by atoms with Crippen molar-refractivity contribution in [2.75, 3.05) is 31.6 Å². The first-order chi connectivity index (χ1) is 12.6. The standard InChI is InChI=1S/C19H21N3O4/c1-14-4-2-3-5-17(14)20-19(23)18(21-10-12-26-13-11-21)15-6-8-16(9-7-15)22(24)25/h2-9,18H,10-13H2,1H3,(H,20,23)/t18-/m0/s1. The van der Waals surface area contributed by atoms with Gasteiger partial charge < -0.3 is 10.1 Å². The number of nitrogens with one attached hydrogen (secondary N) is 1. The predicted octanol–water partition coefficient (Wildman–Crippen LogP) is 2.92. The van der Waals surface area contributed by atoms with E-state index < -0.39 is 11.0 Å². The number of non-ortho nitro benzene ring substituents is 1. The molecule has 1 saturated heterocycles. The second-order valence-electron chi connectivity index (χ2n) is 6.20. The number of amides is 1. The Labute approximate surface area is 151 Å². The third-order valence-electron chi connectivity index (χ3n) is 4.48. The van der Waals surface area contributed by atoms with E-state index in [9.17, 15) is 14.9 Å². The van der Waals surface area contributed by atoms with Crippen molar-refractivity contribution in [3.05, 3.63) is 69.8 Å². The Hall–Kier alpha value is -2.77. The van der Waals surface area contributed by atoms with E-state index in [0.29, 0.717) is 26.3 Å². The van der Waals surface area contributed by atoms with Gasteiger partial charge in [0.2, 0.25) is 5.91 Å². The maximum Gasteiger partial charge on any atom is 0.269 e. The van der Waals surface area contributed by atoms with Crippen LogP contribution in [0.2, 0.25) is 0 Å². The van der Waals surface area contributed by atoms with E-state index in [1.165, 1.54) is 12.1 Å². The summed E-state index contributed by atoms with van der Waals surface area (Å²) in [4.78, 5) is 25.5. The average Bonchev–Trinajstić information content (AvgIpc) is 2.65. The summed E-state index contributed by atoms with van der Waals surface area (Å²) in [5, 5.41) is 13.9. The number of carbonyl (C=O) groups is 1. The van der Waals surface area contributed by atoms with Crippen LogP contribution in [-0.4, -0.2) is 42.0 Å². The number of rotatable bonds is 5. The predicted molar refractivity (Wildman–Crippen MR) is 98.0 cm³/mol. The lowest BCUT2D eigenvalue weighted by Gasteiger charge is -2.33. The van der Waals surface area contributed by atoms with Crippen LogP contribution in [-0.2, 0) is 9.53 Å². The molecule has 0 aliphatic carbocycles. The van der Waals surface area contributed by atoms with Crippen molar-refractivity contribution < 1.29 is 14.5 Å². The van der Waals surface area contributed by atoms with Gasteiger partial charge in [-0.25, -0.2) is 0 Å². The van der Waals surface area contributed by atoms with E-state index in [2.05, 4.69) is 5.32 Å². The minimum absolute atomic E-state index is 0.00814. The number of morpholine rings is 1. The van der Waals surface area contributed by atoms with Crippen LogP contribution in [0.1, 0.15) is 17.2 Å². The number of hydrogen-bond acceptors (Lipinski definition) is 5. The molecule has 0 aromatic heterocycles. The Bertz CT molecular complexity index is 786. The Morgan fingerprint density at radius 3 is 2.42 bits per heavy atom. The van der Waals surface area contributed by atoms with Crippen LogP contribution >= 0.6 is 0 Å². The largest absolute Gasteiger partial charge is 0.379 e. The van der Waals surface area contributed by atoms with Gasteiger partial charge in [-0.2, -0.15) is 0 Å². The molecule has 2 aromatic carbocycles. The topological polar surface area (TPSA) is 84.7 Å². The summed E-state index contributed by atoms with van der Waals surface area (Å²) in [5.74, 6) is -0.157. The van der Waals surface area contributed by atoms with Gasteiger partial charge in [0.1, 0.15) is 6.04 Å². The Morgan fingerprint density at radius 1 is 1.15 bits per heavy atom. The number of aryl methyl sites for hydroxylation is 1. The molecule has 2 aromatic rings. The van der Waals surface area contributed by atoms with Crippen molar-refractivity contribution in [3.8, 4) is 0 Å². The SMILES string of the molecule is Cc1ccccc1NC(=O)[C@H](c1ccc([N+](=O)[O-])cc1)N1CCOCC1. The van der Waals surface area contributed by atoms with Gasteiger partial charge in [0.05, 0.1) is 18.1 Å². The molecule has 0 saturated carbocycles. The van der Waals surface area contributed by atoms with Crippen LogP contribution in [0.3, 0.4) is 0 Å². The number of nitro benzene ring substituents is 1. The highest BCUT2D eigenvalue weighted by atomic mass is 16.6. The first-order valence-electron chi connectivity index (χ1n) is 8.49. The molecule has 7 heteroatoms. The average molecular weight is 355 g/mol. The van der Waals surface area contributed by atoms with E-state index in [4.69, 9.17) is 4.74 Å². The molecular weight excluding hydrogens is 334 g/mol. The second-order valence-corrected chi connectivity index (χ2v) is 6.20. The molecule has 0 radical (unpaired) electrons. The molecule has 136 valence electrons. The van der Waals surface area contributed by atoms with Crippen LogP contribution in [0.4, 0.5) is 11.4 Å². The van der Waals surface area contributed by atoms with Crippen LogP contribution in [0, 0.1) is 17.0 Å². The smallest absolute Gasteiger partial charge is 0.269 e. The van der Waals surface area contributed by atoms with E-state index in [1.807, 2.05) is 36.1 Å². The van der Waals surface area contributed by atoms with E-state index in [0.717, 1.165) is 16.8 Å². The minimum atomic E-state index is -0.528. The minimum Gasteiger partial charge on any atom is -0.379 e. The highest BCUT2D eigenvalue weighted by molar-refractivity contribution is 5.96. The van der Waals surface area contributed by atoms with Crippen LogP contribution < -0.4 is 5.32 Å². The van der Waals surface area contributed by atoms with Gasteiger partial charge in [-0.3, -0.25) is 19.8 Å². The number of nitrogens with zero attached hydrogens (tertiary/aromatic N) is 2. The Balaban J connectivity index is 1.88. The summed E-state index contributed by atoms with van der Waals surface area (Å²) in [5.41, 5.74) is 2.47. The lowest BCUT2D eigenvalue weighted by molar-refractivity contribution is -0.384. The first-order valence-corrected chi connectivity index (χ1v) is 8.49. The number of nitro groups is 1. The van der Waals surface area contributed by atoms with Crippen LogP contribution in [0.15, 0.2) is 48.5 Å². The highest BCUT2D eigenvalue weighted by Crippen LogP contribution is 2.26. The monoisotopic (exact) mass is 355 g/mol. The van der Waals surface area contributed by atoms with Crippen LogP contribution in [0.5, 0.6) is 0 Å². The Kier molecular flexibility index (Phi) is 5.60. The molecule has 0 unspecified atom stereocenters. The summed E-state index contributed by atoms with van der Waals surface area (Å²) < 4.78 is 5.39. The molecule has 0 spiro atoms. The van der Waals surface area contributed by atoms with Gasteiger partial charge >= 0.3 is 0 Å². The zero-order valence-electron chi connectivity index (χ0n) is 14.6. The molecule has 1 aliphatic heterocycles. The zero-order chi connectivity index (χ0) is 18.5. The molecule has 1 atom stereocenters. The summed E-state index contributed by atoms with van der Waals surface area (Å²) in [6.07, 6.45) is 0. The van der Waals surface area contributed by atoms with Gasteiger partial charge in [0, 0.05) is 30.9 Å². The quantitative estimate of drug-likeness (QED) is 0.658. The fourth-order valence-corrected chi connectivity index (χ4v) is 3.06. The molecule has 7 nitrogen and oxygen atoms in total. The maximum atomic E-state index is 13.1. The number of para-hydroxylation sites is 1.